The van der Waals surface area contributed by atoms with Gasteiger partial charge in [0.15, 0.2) is 11.5 Å². The molecule has 1 N–H and O–H groups in total. The Hall–Kier alpha value is -2.98. The first-order valence-corrected chi connectivity index (χ1v) is 12.3. The number of amides is 2. The van der Waals surface area contributed by atoms with Gasteiger partial charge in [0.1, 0.15) is 12.6 Å². The number of carbonyl (C=O) groups is 2. The average Bonchev–Trinajstić information content (AvgIpc) is 3.28. The highest BCUT2D eigenvalue weighted by Crippen LogP contribution is 2.36. The van der Waals surface area contributed by atoms with E-state index in [0.717, 1.165) is 4.31 Å². The van der Waals surface area contributed by atoms with Gasteiger partial charge in [-0.05, 0) is 37.6 Å². The minimum Gasteiger partial charge on any atom is -0.454 e. The number of rotatable bonds is 9. The van der Waals surface area contributed by atoms with E-state index in [2.05, 4.69) is 5.32 Å². The number of nitrogens with one attached hydrogen (secondary N) is 1. The third kappa shape index (κ3) is 5.51. The number of benzene rings is 2. The number of anilines is 1. The van der Waals surface area contributed by atoms with Crippen LogP contribution in [0.25, 0.3) is 0 Å². The summed E-state index contributed by atoms with van der Waals surface area (Å²) in [4.78, 5) is 27.1. The predicted octanol–water partition coefficient (Wildman–Crippen LogP) is 2.39. The van der Waals surface area contributed by atoms with E-state index in [-0.39, 0.29) is 30.7 Å². The lowest BCUT2D eigenvalue weighted by molar-refractivity contribution is -0.139. The predicted molar refractivity (Wildman–Crippen MR) is 125 cm³/mol. The van der Waals surface area contributed by atoms with E-state index in [4.69, 9.17) is 21.1 Å². The molecule has 1 atom stereocenters. The molecule has 9 nitrogen and oxygen atoms in total. The normalized spacial score (nSPS) is 13.3. The van der Waals surface area contributed by atoms with Crippen LogP contribution in [-0.2, 0) is 26.2 Å². The van der Waals surface area contributed by atoms with E-state index < -0.39 is 28.5 Å². The first kappa shape index (κ1) is 24.7. The molecule has 33 heavy (non-hydrogen) atoms. The van der Waals surface area contributed by atoms with Crippen molar-refractivity contribution in [3.05, 3.63) is 53.1 Å². The van der Waals surface area contributed by atoms with Gasteiger partial charge in [-0.3, -0.25) is 13.9 Å². The summed E-state index contributed by atoms with van der Waals surface area (Å²) in [7, 11) is -2.36. The van der Waals surface area contributed by atoms with Crippen LogP contribution in [0.5, 0.6) is 11.5 Å². The first-order chi connectivity index (χ1) is 15.7. The molecular formula is C22H26ClN3O6S. The fourth-order valence-corrected chi connectivity index (χ4v) is 4.61. The van der Waals surface area contributed by atoms with Crippen LogP contribution < -0.4 is 19.1 Å². The number of likely N-dealkylation sites (N-methyl/N-ethyl adjacent to an activating group) is 1. The van der Waals surface area contributed by atoms with E-state index in [1.807, 2.05) is 0 Å². The van der Waals surface area contributed by atoms with Crippen LogP contribution in [0.1, 0.15) is 19.4 Å². The largest absolute Gasteiger partial charge is 0.454 e. The maximum Gasteiger partial charge on any atom is 0.244 e. The van der Waals surface area contributed by atoms with Gasteiger partial charge < -0.3 is 19.7 Å². The third-order valence-electron chi connectivity index (χ3n) is 5.34. The zero-order valence-corrected chi connectivity index (χ0v) is 20.1. The molecule has 2 aromatic rings. The zero-order valence-electron chi connectivity index (χ0n) is 18.6. The third-order valence-corrected chi connectivity index (χ3v) is 7.45. The van der Waals surface area contributed by atoms with Crippen molar-refractivity contribution >= 4 is 39.1 Å². The number of ether oxygens (including phenoxy) is 2. The Labute approximate surface area is 198 Å². The number of carbonyl (C=O) groups excluding carboxylic acids is 2. The summed E-state index contributed by atoms with van der Waals surface area (Å²) < 4.78 is 37.5. The molecule has 0 unspecified atom stereocenters. The van der Waals surface area contributed by atoms with Gasteiger partial charge in [-0.2, -0.15) is 0 Å². The second-order valence-corrected chi connectivity index (χ2v) is 9.94. The van der Waals surface area contributed by atoms with Crippen LogP contribution in [0.4, 0.5) is 5.69 Å². The number of nitrogens with zero attached hydrogens (tertiary/aromatic N) is 2. The van der Waals surface area contributed by atoms with E-state index in [1.54, 1.807) is 43.3 Å². The van der Waals surface area contributed by atoms with E-state index >= 15 is 0 Å². The highest BCUT2D eigenvalue weighted by Gasteiger charge is 2.31. The SMILES string of the molecule is CCS(=O)(=O)N(CC(=O)N(Cc1ccccc1Cl)[C@@H](C)C(=O)NC)c1ccc2c(c1)OCO2. The Morgan fingerprint density at radius 2 is 1.85 bits per heavy atom. The Bertz CT molecular complexity index is 1140. The molecule has 0 aromatic heterocycles. The summed E-state index contributed by atoms with van der Waals surface area (Å²) in [5, 5.41) is 2.97. The van der Waals surface area contributed by atoms with Crippen molar-refractivity contribution in [3.8, 4) is 11.5 Å². The first-order valence-electron chi connectivity index (χ1n) is 10.3. The van der Waals surface area contributed by atoms with Crippen molar-refractivity contribution in [2.24, 2.45) is 0 Å². The quantitative estimate of drug-likeness (QED) is 0.572. The minimum atomic E-state index is -3.83. The lowest BCUT2D eigenvalue weighted by atomic mass is 10.1. The van der Waals surface area contributed by atoms with E-state index in [1.165, 1.54) is 24.9 Å². The molecule has 2 aromatic carbocycles. The Balaban J connectivity index is 1.95. The highest BCUT2D eigenvalue weighted by atomic mass is 35.5. The molecule has 1 heterocycles. The second kappa shape index (κ2) is 10.3. The topological polar surface area (TPSA) is 105 Å². The summed E-state index contributed by atoms with van der Waals surface area (Å²) >= 11 is 6.27. The Morgan fingerprint density at radius 1 is 1.15 bits per heavy atom. The molecule has 0 radical (unpaired) electrons. The molecule has 0 fully saturated rings. The van der Waals surface area contributed by atoms with Gasteiger partial charge in [0.05, 0.1) is 11.4 Å². The number of hydrogen-bond acceptors (Lipinski definition) is 6. The van der Waals surface area contributed by atoms with Crippen molar-refractivity contribution < 1.29 is 27.5 Å². The Morgan fingerprint density at radius 3 is 2.52 bits per heavy atom. The van der Waals surface area contributed by atoms with Crippen LogP contribution in [0.15, 0.2) is 42.5 Å². The molecule has 2 amide bonds. The van der Waals surface area contributed by atoms with Crippen LogP contribution >= 0.6 is 11.6 Å². The fourth-order valence-electron chi connectivity index (χ4n) is 3.36. The number of halogens is 1. The molecule has 0 saturated heterocycles. The molecule has 0 bridgehead atoms. The van der Waals surface area contributed by atoms with Crippen molar-refractivity contribution in [1.29, 1.82) is 0 Å². The van der Waals surface area contributed by atoms with Gasteiger partial charge in [0, 0.05) is 24.7 Å². The number of fused-ring (bicyclic) bond motifs is 1. The molecule has 0 spiro atoms. The minimum absolute atomic E-state index is 0.0352. The molecule has 178 valence electrons. The molecular weight excluding hydrogens is 470 g/mol. The smallest absolute Gasteiger partial charge is 0.244 e. The van der Waals surface area contributed by atoms with Gasteiger partial charge in [0.2, 0.25) is 28.6 Å². The molecule has 0 saturated carbocycles. The van der Waals surface area contributed by atoms with E-state index in [0.29, 0.717) is 22.1 Å². The molecule has 0 aliphatic carbocycles. The van der Waals surface area contributed by atoms with Crippen molar-refractivity contribution in [2.75, 3.05) is 30.4 Å². The molecule has 1 aliphatic rings. The summed E-state index contributed by atoms with van der Waals surface area (Å²) in [5.41, 5.74) is 0.899. The van der Waals surface area contributed by atoms with Crippen molar-refractivity contribution in [3.63, 3.8) is 0 Å². The van der Waals surface area contributed by atoms with Crippen molar-refractivity contribution in [1.82, 2.24) is 10.2 Å². The van der Waals surface area contributed by atoms with Crippen LogP contribution in [0.2, 0.25) is 5.02 Å². The van der Waals surface area contributed by atoms with Crippen LogP contribution in [-0.4, -0.2) is 57.3 Å². The highest BCUT2D eigenvalue weighted by molar-refractivity contribution is 7.92. The van der Waals surface area contributed by atoms with Gasteiger partial charge in [-0.1, -0.05) is 29.8 Å². The zero-order chi connectivity index (χ0) is 24.2. The summed E-state index contributed by atoms with van der Waals surface area (Å²) in [6.07, 6.45) is 0. The van der Waals surface area contributed by atoms with Gasteiger partial charge in [0.25, 0.3) is 0 Å². The molecule has 11 heteroatoms. The lowest BCUT2D eigenvalue weighted by Crippen LogP contribution is -2.51. The lowest BCUT2D eigenvalue weighted by Gasteiger charge is -2.31. The molecule has 3 rings (SSSR count). The average molecular weight is 496 g/mol. The van der Waals surface area contributed by atoms with Gasteiger partial charge in [-0.15, -0.1) is 0 Å². The fraction of sp³-hybridized carbons (Fsp3) is 0.364. The maximum atomic E-state index is 13.4. The van der Waals surface area contributed by atoms with Crippen LogP contribution in [0.3, 0.4) is 0 Å². The second-order valence-electron chi connectivity index (χ2n) is 7.35. The van der Waals surface area contributed by atoms with Gasteiger partial charge >= 0.3 is 0 Å². The number of sulfonamides is 1. The van der Waals surface area contributed by atoms with Crippen LogP contribution in [0, 0.1) is 0 Å². The standard InChI is InChI=1S/C22H26ClN3O6S/c1-4-33(29,30)26(17-9-10-19-20(11-17)32-14-31-19)13-21(27)25(15(2)22(28)24-3)12-16-7-5-6-8-18(16)23/h5-11,15H,4,12-14H2,1-3H3,(H,24,28)/t15-/m0/s1. The number of hydrogen-bond donors (Lipinski definition) is 1. The molecule has 1 aliphatic heterocycles. The summed E-state index contributed by atoms with van der Waals surface area (Å²) in [6.45, 7) is 2.64. The Kier molecular flexibility index (Phi) is 7.70. The van der Waals surface area contributed by atoms with Gasteiger partial charge in [-0.25, -0.2) is 8.42 Å². The van der Waals surface area contributed by atoms with E-state index in [9.17, 15) is 18.0 Å². The maximum absolute atomic E-state index is 13.4. The summed E-state index contributed by atoms with van der Waals surface area (Å²) in [6, 6.07) is 10.8. The monoisotopic (exact) mass is 495 g/mol. The van der Waals surface area contributed by atoms with Crippen molar-refractivity contribution in [2.45, 2.75) is 26.4 Å². The summed E-state index contributed by atoms with van der Waals surface area (Å²) in [5.74, 6) is -0.274.